The van der Waals surface area contributed by atoms with E-state index in [1.807, 2.05) is 18.2 Å². The Balaban J connectivity index is 1.98. The highest BCUT2D eigenvalue weighted by molar-refractivity contribution is 5.95. The van der Waals surface area contributed by atoms with Crippen LogP contribution in [-0.4, -0.2) is 51.5 Å². The van der Waals surface area contributed by atoms with Gasteiger partial charge in [-0.3, -0.25) is 4.79 Å². The maximum Gasteiger partial charge on any atom is 0.407 e. The molecule has 0 aliphatic carbocycles. The van der Waals surface area contributed by atoms with Crippen LogP contribution in [0, 0.1) is 0 Å². The molecular weight excluding hydrogens is 288 g/mol. The lowest BCUT2D eigenvalue weighted by Gasteiger charge is -2.32. The van der Waals surface area contributed by atoms with Gasteiger partial charge in [0.1, 0.15) is 12.4 Å². The van der Waals surface area contributed by atoms with Crippen LogP contribution >= 0.6 is 0 Å². The fourth-order valence-electron chi connectivity index (χ4n) is 2.16. The average Bonchev–Trinajstić information content (AvgIpc) is 2.54. The van der Waals surface area contributed by atoms with Gasteiger partial charge in [-0.2, -0.15) is 0 Å². The van der Waals surface area contributed by atoms with Crippen molar-refractivity contribution < 1.29 is 23.8 Å². The summed E-state index contributed by atoms with van der Waals surface area (Å²) in [4.78, 5) is 25.0. The highest BCUT2D eigenvalue weighted by Crippen LogP contribution is 2.23. The quantitative estimate of drug-likeness (QED) is 0.883. The molecule has 1 heterocycles. The molecule has 1 fully saturated rings. The summed E-state index contributed by atoms with van der Waals surface area (Å²) in [7, 11) is 1.58. The summed E-state index contributed by atoms with van der Waals surface area (Å²) in [5.74, 6) is 0.554. The number of anilines is 1. The molecule has 1 saturated heterocycles. The first-order valence-corrected chi connectivity index (χ1v) is 7.10. The van der Waals surface area contributed by atoms with Gasteiger partial charge in [0.15, 0.2) is 0 Å². The second kappa shape index (κ2) is 7.65. The molecule has 22 heavy (non-hydrogen) atoms. The van der Waals surface area contributed by atoms with Crippen molar-refractivity contribution in [3.05, 3.63) is 24.3 Å². The van der Waals surface area contributed by atoms with E-state index in [2.05, 4.69) is 5.32 Å². The van der Waals surface area contributed by atoms with Crippen LogP contribution in [0.15, 0.2) is 24.3 Å². The number of alkyl carbamates (subject to hydrolysis) is 1. The second-order valence-corrected chi connectivity index (χ2v) is 4.74. The summed E-state index contributed by atoms with van der Waals surface area (Å²) in [5.41, 5.74) is 0.744. The smallest absolute Gasteiger partial charge is 0.407 e. The molecule has 120 valence electrons. The molecule has 1 aliphatic heterocycles. The molecule has 1 aromatic carbocycles. The molecule has 1 N–H and O–H groups in total. The van der Waals surface area contributed by atoms with Gasteiger partial charge < -0.3 is 24.4 Å². The van der Waals surface area contributed by atoms with Crippen LogP contribution in [0.4, 0.5) is 10.5 Å². The Labute approximate surface area is 129 Å². The number of hydrogen-bond donors (Lipinski definition) is 1. The third-order valence-electron chi connectivity index (χ3n) is 3.24. The third-order valence-corrected chi connectivity index (χ3v) is 3.24. The largest absolute Gasteiger partial charge is 0.497 e. The number of hydrogen-bond acceptors (Lipinski definition) is 5. The van der Waals surface area contributed by atoms with Gasteiger partial charge in [0.05, 0.1) is 26.4 Å². The van der Waals surface area contributed by atoms with Gasteiger partial charge in [0.2, 0.25) is 0 Å². The van der Waals surface area contributed by atoms with E-state index in [9.17, 15) is 9.59 Å². The van der Waals surface area contributed by atoms with E-state index in [-0.39, 0.29) is 25.2 Å². The zero-order chi connectivity index (χ0) is 15.9. The Kier molecular flexibility index (Phi) is 5.60. The van der Waals surface area contributed by atoms with Crippen LogP contribution in [0.1, 0.15) is 6.92 Å². The van der Waals surface area contributed by atoms with Crippen molar-refractivity contribution in [1.82, 2.24) is 5.32 Å². The zero-order valence-electron chi connectivity index (χ0n) is 12.7. The lowest BCUT2D eigenvalue weighted by molar-refractivity contribution is -0.129. The highest BCUT2D eigenvalue weighted by Gasteiger charge is 2.28. The summed E-state index contributed by atoms with van der Waals surface area (Å²) in [6, 6.07) is 7.26. The molecule has 1 aromatic rings. The highest BCUT2D eigenvalue weighted by atomic mass is 16.5. The number of methoxy groups -OCH3 is 1. The van der Waals surface area contributed by atoms with Gasteiger partial charge in [0.25, 0.3) is 5.91 Å². The third kappa shape index (κ3) is 4.11. The maximum atomic E-state index is 12.0. The molecule has 1 atom stereocenters. The Bertz CT molecular complexity index is 534. The predicted octanol–water partition coefficient (Wildman–Crippen LogP) is 1.17. The van der Waals surface area contributed by atoms with Crippen molar-refractivity contribution in [2.24, 2.45) is 0 Å². The SMILES string of the molecule is CCOC(=O)NCC1CN(c2cccc(OC)c2)C(=O)CO1. The molecule has 0 saturated carbocycles. The predicted molar refractivity (Wildman–Crippen MR) is 80.1 cm³/mol. The normalized spacial score (nSPS) is 18.0. The monoisotopic (exact) mass is 308 g/mol. The van der Waals surface area contributed by atoms with Crippen LogP contribution in [0.25, 0.3) is 0 Å². The van der Waals surface area contributed by atoms with Crippen molar-refractivity contribution in [3.63, 3.8) is 0 Å². The maximum absolute atomic E-state index is 12.0. The fraction of sp³-hybridized carbons (Fsp3) is 0.467. The minimum atomic E-state index is -0.490. The Morgan fingerprint density at radius 2 is 2.32 bits per heavy atom. The van der Waals surface area contributed by atoms with Gasteiger partial charge in [-0.15, -0.1) is 0 Å². The van der Waals surface area contributed by atoms with Crippen molar-refractivity contribution >= 4 is 17.7 Å². The molecular formula is C15H20N2O5. The number of nitrogens with one attached hydrogen (secondary N) is 1. The van der Waals surface area contributed by atoms with Gasteiger partial charge >= 0.3 is 6.09 Å². The van der Waals surface area contributed by atoms with Crippen molar-refractivity contribution in [3.8, 4) is 5.75 Å². The molecule has 1 aliphatic rings. The van der Waals surface area contributed by atoms with E-state index in [4.69, 9.17) is 14.2 Å². The summed E-state index contributed by atoms with van der Waals surface area (Å²) in [6.45, 7) is 2.67. The molecule has 0 radical (unpaired) electrons. The number of morpholine rings is 1. The van der Waals surface area contributed by atoms with Gasteiger partial charge in [0, 0.05) is 18.3 Å². The number of nitrogens with zero attached hydrogens (tertiary/aromatic N) is 1. The number of ether oxygens (including phenoxy) is 3. The topological polar surface area (TPSA) is 77.1 Å². The molecule has 2 rings (SSSR count). The fourth-order valence-corrected chi connectivity index (χ4v) is 2.16. The van der Waals surface area contributed by atoms with Crippen LogP contribution in [-0.2, 0) is 14.3 Å². The average molecular weight is 308 g/mol. The number of carbonyl (C=O) groups excluding carboxylic acids is 2. The lowest BCUT2D eigenvalue weighted by atomic mass is 10.2. The number of carbonyl (C=O) groups is 2. The molecule has 0 aromatic heterocycles. The summed E-state index contributed by atoms with van der Waals surface area (Å²) in [6.07, 6.45) is -0.774. The van der Waals surface area contributed by atoms with Crippen LogP contribution in [0.3, 0.4) is 0 Å². The molecule has 7 nitrogen and oxygen atoms in total. The first-order chi connectivity index (χ1) is 10.6. The number of rotatable bonds is 5. The molecule has 0 spiro atoms. The van der Waals surface area contributed by atoms with E-state index in [0.29, 0.717) is 18.9 Å². The van der Waals surface area contributed by atoms with E-state index >= 15 is 0 Å². The van der Waals surface area contributed by atoms with Gasteiger partial charge in [-0.1, -0.05) is 6.07 Å². The summed E-state index contributed by atoms with van der Waals surface area (Å²) < 4.78 is 15.4. The number of benzene rings is 1. The van der Waals surface area contributed by atoms with E-state index < -0.39 is 6.09 Å². The Morgan fingerprint density at radius 1 is 1.50 bits per heavy atom. The van der Waals surface area contributed by atoms with E-state index in [1.165, 1.54) is 0 Å². The van der Waals surface area contributed by atoms with Crippen LogP contribution in [0.2, 0.25) is 0 Å². The first kappa shape index (κ1) is 16.1. The number of amides is 2. The van der Waals surface area contributed by atoms with Crippen molar-refractivity contribution in [2.75, 3.05) is 38.3 Å². The molecule has 1 unspecified atom stereocenters. The van der Waals surface area contributed by atoms with Crippen molar-refractivity contribution in [2.45, 2.75) is 13.0 Å². The summed E-state index contributed by atoms with van der Waals surface area (Å²) >= 11 is 0. The molecule has 0 bridgehead atoms. The Morgan fingerprint density at radius 3 is 3.05 bits per heavy atom. The molecule has 7 heteroatoms. The lowest BCUT2D eigenvalue weighted by Crippen LogP contribution is -2.50. The van der Waals surface area contributed by atoms with Crippen molar-refractivity contribution in [1.29, 1.82) is 0 Å². The Hall–Kier alpha value is -2.28. The van der Waals surface area contributed by atoms with Crippen LogP contribution < -0.4 is 15.0 Å². The van der Waals surface area contributed by atoms with E-state index in [0.717, 1.165) is 5.69 Å². The zero-order valence-corrected chi connectivity index (χ0v) is 12.7. The van der Waals surface area contributed by atoms with E-state index in [1.54, 1.807) is 25.0 Å². The second-order valence-electron chi connectivity index (χ2n) is 4.74. The van der Waals surface area contributed by atoms with Gasteiger partial charge in [-0.05, 0) is 19.1 Å². The standard InChI is InChI=1S/C15H20N2O5/c1-3-21-15(19)16-8-13-9-17(14(18)10-22-13)11-5-4-6-12(7-11)20-2/h4-7,13H,3,8-10H2,1-2H3,(H,16,19). The minimum Gasteiger partial charge on any atom is -0.497 e. The van der Waals surface area contributed by atoms with Gasteiger partial charge in [-0.25, -0.2) is 4.79 Å². The van der Waals surface area contributed by atoms with Crippen LogP contribution in [0.5, 0.6) is 5.75 Å². The molecule has 2 amide bonds. The minimum absolute atomic E-state index is 0.0214. The summed E-state index contributed by atoms with van der Waals surface area (Å²) in [5, 5.41) is 2.61. The first-order valence-electron chi connectivity index (χ1n) is 7.10.